The van der Waals surface area contributed by atoms with Gasteiger partial charge in [0.05, 0.1) is 17.9 Å². The first-order valence-corrected chi connectivity index (χ1v) is 5.39. The van der Waals surface area contributed by atoms with Crippen molar-refractivity contribution in [1.82, 2.24) is 18.9 Å². The summed E-state index contributed by atoms with van der Waals surface area (Å²) < 4.78 is 18.4. The van der Waals surface area contributed by atoms with E-state index in [-0.39, 0.29) is 6.10 Å². The number of hydrogen-bond donors (Lipinski definition) is 0. The van der Waals surface area contributed by atoms with Crippen LogP contribution < -0.4 is 0 Å². The van der Waals surface area contributed by atoms with E-state index in [1.54, 1.807) is 6.20 Å². The first-order valence-electron chi connectivity index (χ1n) is 4.66. The summed E-state index contributed by atoms with van der Waals surface area (Å²) in [7, 11) is 0. The summed E-state index contributed by atoms with van der Waals surface area (Å²) in [6.07, 6.45) is 3.59. The molecule has 2 aromatic heterocycles. The van der Waals surface area contributed by atoms with E-state index in [2.05, 4.69) is 18.9 Å². The molecule has 1 fully saturated rings. The van der Waals surface area contributed by atoms with Crippen LogP contribution >= 0.6 is 11.7 Å². The van der Waals surface area contributed by atoms with E-state index in [1.807, 2.05) is 0 Å². The molecule has 1 aliphatic rings. The lowest BCUT2D eigenvalue weighted by Crippen LogP contribution is -1.97. The van der Waals surface area contributed by atoms with Crippen LogP contribution in [0.25, 0.3) is 11.6 Å². The minimum absolute atomic E-state index is 0.0194. The third kappa shape index (κ3) is 1.64. The Kier molecular flexibility index (Phi) is 2.18. The standard InChI is InChI=1S/C8H8N4O2S/c1-2-6(13-3-1)7-10-8(14-11-7)5-4-9-15-12-5/h4,6H,1-3H2. The molecular weight excluding hydrogens is 216 g/mol. The van der Waals surface area contributed by atoms with Crippen LogP contribution in [0.4, 0.5) is 0 Å². The van der Waals surface area contributed by atoms with Crippen LogP contribution in [0.3, 0.4) is 0 Å². The monoisotopic (exact) mass is 224 g/mol. The van der Waals surface area contributed by atoms with E-state index >= 15 is 0 Å². The van der Waals surface area contributed by atoms with Crippen LogP contribution in [-0.4, -0.2) is 25.5 Å². The lowest BCUT2D eigenvalue weighted by Gasteiger charge is -2.00. The van der Waals surface area contributed by atoms with Crippen LogP contribution in [-0.2, 0) is 4.74 Å². The topological polar surface area (TPSA) is 73.9 Å². The summed E-state index contributed by atoms with van der Waals surface area (Å²) in [6.45, 7) is 0.771. The Morgan fingerprint density at radius 2 is 2.47 bits per heavy atom. The molecule has 0 radical (unpaired) electrons. The normalized spacial score (nSPS) is 20.9. The number of rotatable bonds is 2. The fourth-order valence-electron chi connectivity index (χ4n) is 1.51. The molecule has 0 aliphatic carbocycles. The van der Waals surface area contributed by atoms with Crippen molar-refractivity contribution < 1.29 is 9.26 Å². The smallest absolute Gasteiger partial charge is 0.279 e. The highest BCUT2D eigenvalue weighted by molar-refractivity contribution is 6.99. The van der Waals surface area contributed by atoms with Gasteiger partial charge in [-0.1, -0.05) is 5.16 Å². The molecule has 15 heavy (non-hydrogen) atoms. The minimum Gasteiger partial charge on any atom is -0.370 e. The zero-order chi connectivity index (χ0) is 10.1. The van der Waals surface area contributed by atoms with Gasteiger partial charge in [-0.25, -0.2) is 0 Å². The van der Waals surface area contributed by atoms with Crippen LogP contribution in [0, 0.1) is 0 Å². The van der Waals surface area contributed by atoms with Gasteiger partial charge in [0, 0.05) is 6.61 Å². The molecule has 7 heteroatoms. The Morgan fingerprint density at radius 1 is 1.47 bits per heavy atom. The van der Waals surface area contributed by atoms with Crippen LogP contribution in [0.1, 0.15) is 24.8 Å². The molecule has 1 atom stereocenters. The molecule has 3 heterocycles. The van der Waals surface area contributed by atoms with Crippen LogP contribution in [0.15, 0.2) is 10.7 Å². The Balaban J connectivity index is 1.87. The molecular formula is C8H8N4O2S. The number of aromatic nitrogens is 4. The van der Waals surface area contributed by atoms with Gasteiger partial charge in [0.1, 0.15) is 6.10 Å². The zero-order valence-corrected chi connectivity index (χ0v) is 8.61. The molecule has 2 aromatic rings. The third-order valence-electron chi connectivity index (χ3n) is 2.24. The summed E-state index contributed by atoms with van der Waals surface area (Å²) in [5.74, 6) is 1.02. The van der Waals surface area contributed by atoms with Gasteiger partial charge in [0.2, 0.25) is 5.82 Å². The predicted molar refractivity (Wildman–Crippen MR) is 51.1 cm³/mol. The van der Waals surface area contributed by atoms with Crippen molar-refractivity contribution in [3.8, 4) is 11.6 Å². The van der Waals surface area contributed by atoms with Crippen molar-refractivity contribution in [3.05, 3.63) is 12.0 Å². The second-order valence-electron chi connectivity index (χ2n) is 3.25. The molecule has 0 N–H and O–H groups in total. The molecule has 0 saturated carbocycles. The second kappa shape index (κ2) is 3.67. The van der Waals surface area contributed by atoms with Gasteiger partial charge in [-0.2, -0.15) is 13.7 Å². The fourth-order valence-corrected chi connectivity index (χ4v) is 1.92. The molecule has 1 unspecified atom stereocenters. The fraction of sp³-hybridized carbons (Fsp3) is 0.500. The Bertz CT molecular complexity index is 435. The maximum Gasteiger partial charge on any atom is 0.279 e. The van der Waals surface area contributed by atoms with Gasteiger partial charge in [0.25, 0.3) is 5.89 Å². The van der Waals surface area contributed by atoms with Crippen molar-refractivity contribution in [2.24, 2.45) is 0 Å². The lowest BCUT2D eigenvalue weighted by molar-refractivity contribution is 0.103. The van der Waals surface area contributed by atoms with E-state index in [0.29, 0.717) is 17.4 Å². The van der Waals surface area contributed by atoms with Gasteiger partial charge >= 0.3 is 0 Å². The molecule has 3 rings (SSSR count). The molecule has 1 saturated heterocycles. The van der Waals surface area contributed by atoms with Gasteiger partial charge in [-0.3, -0.25) is 0 Å². The average molecular weight is 224 g/mol. The Hall–Kier alpha value is -1.34. The number of hydrogen-bond acceptors (Lipinski definition) is 7. The van der Waals surface area contributed by atoms with Gasteiger partial charge in [-0.05, 0) is 12.8 Å². The van der Waals surface area contributed by atoms with Crippen molar-refractivity contribution in [2.75, 3.05) is 6.61 Å². The van der Waals surface area contributed by atoms with Gasteiger partial charge in [-0.15, -0.1) is 0 Å². The van der Waals surface area contributed by atoms with Gasteiger partial charge < -0.3 is 9.26 Å². The highest BCUT2D eigenvalue weighted by atomic mass is 32.1. The van der Waals surface area contributed by atoms with Crippen molar-refractivity contribution in [3.63, 3.8) is 0 Å². The average Bonchev–Trinajstić information content (AvgIpc) is 3.02. The summed E-state index contributed by atoms with van der Waals surface area (Å²) in [5.41, 5.74) is 0.622. The molecule has 0 aromatic carbocycles. The van der Waals surface area contributed by atoms with Crippen molar-refractivity contribution >= 4 is 11.7 Å². The Morgan fingerprint density at radius 3 is 3.20 bits per heavy atom. The zero-order valence-electron chi connectivity index (χ0n) is 7.79. The van der Waals surface area contributed by atoms with Gasteiger partial charge in [0.15, 0.2) is 5.69 Å². The quantitative estimate of drug-likeness (QED) is 0.768. The largest absolute Gasteiger partial charge is 0.370 e. The molecule has 0 amide bonds. The van der Waals surface area contributed by atoms with E-state index in [0.717, 1.165) is 31.2 Å². The van der Waals surface area contributed by atoms with Crippen LogP contribution in [0.2, 0.25) is 0 Å². The predicted octanol–water partition coefficient (Wildman–Crippen LogP) is 1.44. The maximum atomic E-state index is 5.45. The molecule has 0 bridgehead atoms. The first-order chi connectivity index (χ1) is 7.43. The summed E-state index contributed by atoms with van der Waals surface area (Å²) in [4.78, 5) is 4.24. The Labute approximate surface area is 89.6 Å². The third-order valence-corrected chi connectivity index (χ3v) is 2.72. The highest BCUT2D eigenvalue weighted by Gasteiger charge is 2.23. The SMILES string of the molecule is c1nsnc1-c1nc(C2CCCO2)no1. The highest BCUT2D eigenvalue weighted by Crippen LogP contribution is 2.27. The molecule has 0 spiro atoms. The van der Waals surface area contributed by atoms with E-state index < -0.39 is 0 Å². The molecule has 6 nitrogen and oxygen atoms in total. The first kappa shape index (κ1) is 8.93. The van der Waals surface area contributed by atoms with Crippen molar-refractivity contribution in [1.29, 1.82) is 0 Å². The van der Waals surface area contributed by atoms with Crippen LogP contribution in [0.5, 0.6) is 0 Å². The second-order valence-corrected chi connectivity index (χ2v) is 3.81. The summed E-state index contributed by atoms with van der Waals surface area (Å²) >= 11 is 1.12. The van der Waals surface area contributed by atoms with Crippen molar-refractivity contribution in [2.45, 2.75) is 18.9 Å². The molecule has 1 aliphatic heterocycles. The number of ether oxygens (including phenoxy) is 1. The van der Waals surface area contributed by atoms with E-state index in [1.165, 1.54) is 0 Å². The maximum absolute atomic E-state index is 5.45. The minimum atomic E-state index is -0.0194. The molecule has 78 valence electrons. The summed E-state index contributed by atoms with van der Waals surface area (Å²) in [6, 6.07) is 0. The van der Waals surface area contributed by atoms with E-state index in [4.69, 9.17) is 9.26 Å². The number of nitrogens with zero attached hydrogens (tertiary/aromatic N) is 4. The van der Waals surface area contributed by atoms with E-state index in [9.17, 15) is 0 Å². The summed E-state index contributed by atoms with van der Waals surface area (Å²) in [5, 5.41) is 3.88. The lowest BCUT2D eigenvalue weighted by atomic mass is 10.2.